The summed E-state index contributed by atoms with van der Waals surface area (Å²) in [5.41, 5.74) is 5.53. The van der Waals surface area contributed by atoms with Gasteiger partial charge in [-0.1, -0.05) is 52.3 Å². The zero-order valence-corrected chi connectivity index (χ0v) is 18.4. The van der Waals surface area contributed by atoms with Gasteiger partial charge in [-0.3, -0.25) is 4.99 Å². The van der Waals surface area contributed by atoms with Gasteiger partial charge in [0.25, 0.3) is 0 Å². The highest BCUT2D eigenvalue weighted by Crippen LogP contribution is 2.57. The van der Waals surface area contributed by atoms with Crippen LogP contribution in [0.2, 0.25) is 0 Å². The Labute approximate surface area is 171 Å². The van der Waals surface area contributed by atoms with E-state index in [-0.39, 0.29) is 0 Å². The summed E-state index contributed by atoms with van der Waals surface area (Å²) in [7, 11) is 0. The van der Waals surface area contributed by atoms with Crippen LogP contribution in [0.4, 0.5) is 0 Å². The van der Waals surface area contributed by atoms with Crippen LogP contribution in [0, 0.1) is 11.3 Å². The Kier molecular flexibility index (Phi) is 5.57. The van der Waals surface area contributed by atoms with Gasteiger partial charge >= 0.3 is 0 Å². The van der Waals surface area contributed by atoms with E-state index in [4.69, 9.17) is 0 Å². The van der Waals surface area contributed by atoms with Gasteiger partial charge in [0.1, 0.15) is 0 Å². The predicted octanol–water partition coefficient (Wildman–Crippen LogP) is 4.80. The maximum absolute atomic E-state index is 4.52. The molecule has 4 rings (SSSR count). The Morgan fingerprint density at radius 1 is 1.25 bits per heavy atom. The van der Waals surface area contributed by atoms with E-state index in [2.05, 4.69) is 61.5 Å². The van der Waals surface area contributed by atoms with Crippen molar-refractivity contribution in [3.63, 3.8) is 0 Å². The molecule has 0 aromatic heterocycles. The van der Waals surface area contributed by atoms with Gasteiger partial charge in [-0.05, 0) is 65.0 Å². The molecule has 1 aliphatic heterocycles. The zero-order chi connectivity index (χ0) is 19.8. The van der Waals surface area contributed by atoms with Gasteiger partial charge < -0.3 is 10.6 Å². The lowest BCUT2D eigenvalue weighted by Crippen LogP contribution is -2.52. The summed E-state index contributed by atoms with van der Waals surface area (Å²) in [5.74, 6) is 2.59. The second-order valence-electron chi connectivity index (χ2n) is 10.3. The standard InChI is InChI=1S/C25H39N3/c1-18(2)19-6-8-21-20(16-19)7-9-22-24(3,11-5-12-25(21,22)4)17-26-13-10-23-27-14-15-28-23/h6,8,16,18,22,26H,5,7,9-15,17H2,1-4H3,(H,27,28). The van der Waals surface area contributed by atoms with E-state index in [9.17, 15) is 0 Å². The first-order valence-electron chi connectivity index (χ1n) is 11.5. The van der Waals surface area contributed by atoms with Crippen molar-refractivity contribution in [2.45, 2.75) is 77.6 Å². The Hall–Kier alpha value is -1.35. The second-order valence-corrected chi connectivity index (χ2v) is 10.3. The van der Waals surface area contributed by atoms with Gasteiger partial charge in [0.05, 0.1) is 12.4 Å². The van der Waals surface area contributed by atoms with Crippen LogP contribution in [0.25, 0.3) is 0 Å². The van der Waals surface area contributed by atoms with Crippen LogP contribution in [0.1, 0.15) is 82.4 Å². The molecule has 0 saturated heterocycles. The highest BCUT2D eigenvalue weighted by atomic mass is 15.1. The molecule has 3 unspecified atom stereocenters. The van der Waals surface area contributed by atoms with Crippen molar-refractivity contribution in [3.8, 4) is 0 Å². The van der Waals surface area contributed by atoms with Crippen molar-refractivity contribution in [3.05, 3.63) is 34.9 Å². The number of nitrogens with zero attached hydrogens (tertiary/aromatic N) is 1. The Bertz CT molecular complexity index is 737. The number of hydrogen-bond donors (Lipinski definition) is 2. The summed E-state index contributed by atoms with van der Waals surface area (Å²) in [6.07, 6.45) is 7.70. The average Bonchev–Trinajstić information content (AvgIpc) is 3.18. The molecule has 3 aliphatic rings. The van der Waals surface area contributed by atoms with E-state index in [1.807, 2.05) is 0 Å². The first-order chi connectivity index (χ1) is 13.4. The molecule has 1 saturated carbocycles. The largest absolute Gasteiger partial charge is 0.372 e. The lowest BCUT2D eigenvalue weighted by atomic mass is 9.49. The molecule has 3 atom stereocenters. The van der Waals surface area contributed by atoms with Crippen LogP contribution in [-0.4, -0.2) is 32.0 Å². The van der Waals surface area contributed by atoms with Gasteiger partial charge in [-0.2, -0.15) is 0 Å². The molecule has 0 bridgehead atoms. The minimum Gasteiger partial charge on any atom is -0.372 e. The van der Waals surface area contributed by atoms with E-state index in [1.165, 1.54) is 43.5 Å². The van der Waals surface area contributed by atoms with E-state index in [0.717, 1.165) is 38.5 Å². The molecule has 3 heteroatoms. The summed E-state index contributed by atoms with van der Waals surface area (Å²) in [4.78, 5) is 4.52. The molecule has 154 valence electrons. The Morgan fingerprint density at radius 2 is 2.11 bits per heavy atom. The van der Waals surface area contributed by atoms with Crippen LogP contribution in [0.3, 0.4) is 0 Å². The minimum atomic E-state index is 0.342. The predicted molar refractivity (Wildman–Crippen MR) is 119 cm³/mol. The number of rotatable bonds is 6. The topological polar surface area (TPSA) is 36.4 Å². The molecule has 28 heavy (non-hydrogen) atoms. The number of fused-ring (bicyclic) bond motifs is 3. The molecule has 1 aromatic rings. The number of benzene rings is 1. The molecular formula is C25H39N3. The first kappa shape index (κ1) is 19.9. The van der Waals surface area contributed by atoms with E-state index < -0.39 is 0 Å². The van der Waals surface area contributed by atoms with Crippen molar-refractivity contribution in [1.29, 1.82) is 0 Å². The van der Waals surface area contributed by atoms with Gasteiger partial charge in [-0.25, -0.2) is 0 Å². The van der Waals surface area contributed by atoms with E-state index >= 15 is 0 Å². The SMILES string of the molecule is CC(C)c1ccc2c(c1)CCC1C(C)(CNCCC3=NCCN3)CCCC21C. The molecular weight excluding hydrogens is 342 g/mol. The van der Waals surface area contributed by atoms with Gasteiger partial charge in [0, 0.05) is 26.1 Å². The fraction of sp³-hybridized carbons (Fsp3) is 0.720. The Balaban J connectivity index is 1.48. The monoisotopic (exact) mass is 381 g/mol. The fourth-order valence-electron chi connectivity index (χ4n) is 6.41. The van der Waals surface area contributed by atoms with Crippen LogP contribution < -0.4 is 10.6 Å². The quantitative estimate of drug-likeness (QED) is 0.694. The maximum Gasteiger partial charge on any atom is 0.0977 e. The number of nitrogens with one attached hydrogen (secondary N) is 2. The van der Waals surface area contributed by atoms with Gasteiger partial charge in [0.15, 0.2) is 0 Å². The zero-order valence-electron chi connectivity index (χ0n) is 18.4. The van der Waals surface area contributed by atoms with Crippen LogP contribution in [0.5, 0.6) is 0 Å². The summed E-state index contributed by atoms with van der Waals surface area (Å²) < 4.78 is 0. The molecule has 3 nitrogen and oxygen atoms in total. The van der Waals surface area contributed by atoms with Crippen LogP contribution >= 0.6 is 0 Å². The Morgan fingerprint density at radius 3 is 2.86 bits per heavy atom. The lowest BCUT2D eigenvalue weighted by Gasteiger charge is -2.55. The maximum atomic E-state index is 4.52. The van der Waals surface area contributed by atoms with Crippen molar-refractivity contribution < 1.29 is 0 Å². The van der Waals surface area contributed by atoms with Crippen molar-refractivity contribution in [2.24, 2.45) is 16.3 Å². The number of amidine groups is 1. The molecule has 1 heterocycles. The minimum absolute atomic E-state index is 0.342. The molecule has 0 radical (unpaired) electrons. The summed E-state index contributed by atoms with van der Waals surface area (Å²) in [5, 5.41) is 7.19. The highest BCUT2D eigenvalue weighted by molar-refractivity contribution is 5.83. The molecule has 2 aliphatic carbocycles. The normalized spacial score (nSPS) is 31.9. The smallest absolute Gasteiger partial charge is 0.0977 e. The van der Waals surface area contributed by atoms with Crippen molar-refractivity contribution in [2.75, 3.05) is 26.2 Å². The van der Waals surface area contributed by atoms with Crippen LogP contribution in [-0.2, 0) is 11.8 Å². The molecule has 1 fully saturated rings. The van der Waals surface area contributed by atoms with Gasteiger partial charge in [0.2, 0.25) is 0 Å². The molecule has 2 N–H and O–H groups in total. The molecule has 0 amide bonds. The molecule has 1 aromatic carbocycles. The fourth-order valence-corrected chi connectivity index (χ4v) is 6.41. The summed E-state index contributed by atoms with van der Waals surface area (Å²) in [6, 6.07) is 7.40. The molecule has 0 spiro atoms. The van der Waals surface area contributed by atoms with Crippen molar-refractivity contribution >= 4 is 5.84 Å². The van der Waals surface area contributed by atoms with Gasteiger partial charge in [-0.15, -0.1) is 0 Å². The van der Waals surface area contributed by atoms with Crippen LogP contribution in [0.15, 0.2) is 23.2 Å². The lowest BCUT2D eigenvalue weighted by molar-refractivity contribution is 0.0262. The highest BCUT2D eigenvalue weighted by Gasteiger charge is 2.51. The van der Waals surface area contributed by atoms with E-state index in [1.54, 1.807) is 11.1 Å². The number of aryl methyl sites for hydroxylation is 1. The third-order valence-electron chi connectivity index (χ3n) is 7.98. The van der Waals surface area contributed by atoms with E-state index in [0.29, 0.717) is 16.7 Å². The second kappa shape index (κ2) is 7.82. The summed E-state index contributed by atoms with van der Waals surface area (Å²) >= 11 is 0. The van der Waals surface area contributed by atoms with Crippen molar-refractivity contribution in [1.82, 2.24) is 10.6 Å². The third kappa shape index (κ3) is 3.63. The first-order valence-corrected chi connectivity index (χ1v) is 11.5. The number of hydrogen-bond acceptors (Lipinski definition) is 3. The number of aliphatic imine (C=N–C) groups is 1. The average molecular weight is 382 g/mol. The third-order valence-corrected chi connectivity index (χ3v) is 7.98. The summed E-state index contributed by atoms with van der Waals surface area (Å²) in [6.45, 7) is 13.9.